The molecule has 0 radical (unpaired) electrons. The maximum atomic E-state index is 11.4. The van der Waals surface area contributed by atoms with Gasteiger partial charge in [0, 0.05) is 18.2 Å². The first-order chi connectivity index (χ1) is 11.2. The molecule has 7 heteroatoms. The van der Waals surface area contributed by atoms with E-state index in [2.05, 4.69) is 26.9 Å². The van der Waals surface area contributed by atoms with Gasteiger partial charge in [-0.2, -0.15) is 10.1 Å². The second-order valence-corrected chi connectivity index (χ2v) is 4.95. The number of aryl methyl sites for hydroxylation is 1. The van der Waals surface area contributed by atoms with Gasteiger partial charge in [-0.05, 0) is 36.8 Å². The predicted molar refractivity (Wildman–Crippen MR) is 82.2 cm³/mol. The summed E-state index contributed by atoms with van der Waals surface area (Å²) in [5.41, 5.74) is 1.94. The number of carbonyl (C=O) groups excluding carboxylic acids is 1. The number of hydrogen-bond donors (Lipinski definition) is 0. The van der Waals surface area contributed by atoms with Crippen LogP contribution in [0.2, 0.25) is 0 Å². The third kappa shape index (κ3) is 3.13. The second kappa shape index (κ2) is 6.43. The number of aromatic nitrogens is 4. The molecule has 2 aromatic heterocycles. The van der Waals surface area contributed by atoms with Crippen molar-refractivity contribution in [1.82, 2.24) is 19.9 Å². The van der Waals surface area contributed by atoms with Crippen LogP contribution in [0.15, 0.2) is 41.1 Å². The number of esters is 1. The van der Waals surface area contributed by atoms with Crippen molar-refractivity contribution >= 4 is 5.97 Å². The highest BCUT2D eigenvalue weighted by Gasteiger charge is 2.11. The monoisotopic (exact) mass is 312 g/mol. The molecule has 0 spiro atoms. The first-order valence-electron chi connectivity index (χ1n) is 7.28. The quantitative estimate of drug-likeness (QED) is 0.674. The lowest BCUT2D eigenvalue weighted by Gasteiger charge is -2.02. The van der Waals surface area contributed by atoms with Crippen molar-refractivity contribution < 1.29 is 14.1 Å². The van der Waals surface area contributed by atoms with E-state index >= 15 is 0 Å². The van der Waals surface area contributed by atoms with Gasteiger partial charge in [0.2, 0.25) is 11.7 Å². The standard InChI is InChI=1S/C16H16N4O3/c1-3-4-14-17-15(19-23-14)11-5-7-12(8-6-11)20-10-9-13(18-20)16(21)22-2/h5-10H,3-4H2,1-2H3. The van der Waals surface area contributed by atoms with E-state index in [-0.39, 0.29) is 5.69 Å². The predicted octanol–water partition coefficient (Wildman–Crippen LogP) is 2.66. The molecule has 0 atom stereocenters. The van der Waals surface area contributed by atoms with Gasteiger partial charge in [-0.15, -0.1) is 0 Å². The molecule has 0 N–H and O–H groups in total. The molecular formula is C16H16N4O3. The molecule has 0 saturated carbocycles. The van der Waals surface area contributed by atoms with Gasteiger partial charge in [0.25, 0.3) is 0 Å². The van der Waals surface area contributed by atoms with Crippen LogP contribution in [0, 0.1) is 0 Å². The van der Waals surface area contributed by atoms with E-state index in [1.807, 2.05) is 24.3 Å². The molecule has 3 rings (SSSR count). The van der Waals surface area contributed by atoms with Crippen LogP contribution >= 0.6 is 0 Å². The van der Waals surface area contributed by atoms with Gasteiger partial charge >= 0.3 is 5.97 Å². The lowest BCUT2D eigenvalue weighted by molar-refractivity contribution is 0.0593. The van der Waals surface area contributed by atoms with Crippen LogP contribution in [0.5, 0.6) is 0 Å². The van der Waals surface area contributed by atoms with Gasteiger partial charge in [-0.3, -0.25) is 0 Å². The number of ether oxygens (including phenoxy) is 1. The second-order valence-electron chi connectivity index (χ2n) is 4.95. The lowest BCUT2D eigenvalue weighted by atomic mass is 10.2. The normalized spacial score (nSPS) is 10.7. The van der Waals surface area contributed by atoms with Crippen molar-refractivity contribution in [3.8, 4) is 17.1 Å². The number of methoxy groups -OCH3 is 1. The van der Waals surface area contributed by atoms with Gasteiger partial charge < -0.3 is 9.26 Å². The third-order valence-corrected chi connectivity index (χ3v) is 3.31. The molecule has 0 saturated heterocycles. The van der Waals surface area contributed by atoms with Crippen molar-refractivity contribution in [3.63, 3.8) is 0 Å². The van der Waals surface area contributed by atoms with Crippen molar-refractivity contribution in [2.75, 3.05) is 7.11 Å². The molecule has 0 amide bonds. The molecule has 0 aliphatic rings. The summed E-state index contributed by atoms with van der Waals surface area (Å²) in [6, 6.07) is 9.12. The number of rotatable bonds is 5. The SMILES string of the molecule is CCCc1nc(-c2ccc(-n3ccc(C(=O)OC)n3)cc2)no1. The molecule has 1 aromatic carbocycles. The average Bonchev–Trinajstić information content (AvgIpc) is 3.24. The van der Waals surface area contributed by atoms with Crippen molar-refractivity contribution in [2.24, 2.45) is 0 Å². The fraction of sp³-hybridized carbons (Fsp3) is 0.250. The Bertz CT molecular complexity index is 805. The van der Waals surface area contributed by atoms with Gasteiger partial charge in [-0.25, -0.2) is 9.48 Å². The maximum Gasteiger partial charge on any atom is 0.358 e. The van der Waals surface area contributed by atoms with E-state index in [0.717, 1.165) is 24.1 Å². The summed E-state index contributed by atoms with van der Waals surface area (Å²) in [4.78, 5) is 15.8. The highest BCUT2D eigenvalue weighted by molar-refractivity contribution is 5.86. The Hall–Kier alpha value is -2.96. The summed E-state index contributed by atoms with van der Waals surface area (Å²) in [5.74, 6) is 0.743. The van der Waals surface area contributed by atoms with Gasteiger partial charge in [0.05, 0.1) is 12.8 Å². The molecule has 7 nitrogen and oxygen atoms in total. The molecule has 0 bridgehead atoms. The van der Waals surface area contributed by atoms with E-state index in [1.54, 1.807) is 16.9 Å². The Kier molecular flexibility index (Phi) is 4.18. The van der Waals surface area contributed by atoms with Crippen LogP contribution in [-0.4, -0.2) is 33.0 Å². The Morgan fingerprint density at radius 3 is 2.74 bits per heavy atom. The third-order valence-electron chi connectivity index (χ3n) is 3.31. The van der Waals surface area contributed by atoms with Crippen molar-refractivity contribution in [3.05, 3.63) is 48.1 Å². The van der Waals surface area contributed by atoms with Gasteiger partial charge in [0.15, 0.2) is 5.69 Å². The Morgan fingerprint density at radius 2 is 2.04 bits per heavy atom. The van der Waals surface area contributed by atoms with Crippen LogP contribution < -0.4 is 0 Å². The van der Waals surface area contributed by atoms with E-state index in [0.29, 0.717) is 11.7 Å². The molecule has 0 aliphatic carbocycles. The zero-order valence-corrected chi connectivity index (χ0v) is 12.9. The number of benzene rings is 1. The van der Waals surface area contributed by atoms with Crippen molar-refractivity contribution in [2.45, 2.75) is 19.8 Å². The highest BCUT2D eigenvalue weighted by atomic mass is 16.5. The summed E-state index contributed by atoms with van der Waals surface area (Å²) in [6.07, 6.45) is 3.44. The molecule has 0 aliphatic heterocycles. The topological polar surface area (TPSA) is 83.0 Å². The first-order valence-corrected chi connectivity index (χ1v) is 7.28. The van der Waals surface area contributed by atoms with Crippen LogP contribution in [0.4, 0.5) is 0 Å². The summed E-state index contributed by atoms with van der Waals surface area (Å²) in [7, 11) is 1.33. The van der Waals surface area contributed by atoms with Crippen LogP contribution in [0.25, 0.3) is 17.1 Å². The highest BCUT2D eigenvalue weighted by Crippen LogP contribution is 2.18. The van der Waals surface area contributed by atoms with Crippen LogP contribution in [-0.2, 0) is 11.2 Å². The largest absolute Gasteiger partial charge is 0.464 e. The lowest BCUT2D eigenvalue weighted by Crippen LogP contribution is -2.03. The molecule has 0 fully saturated rings. The average molecular weight is 312 g/mol. The van der Waals surface area contributed by atoms with E-state index in [9.17, 15) is 4.79 Å². The van der Waals surface area contributed by atoms with E-state index in [4.69, 9.17) is 4.52 Å². The van der Waals surface area contributed by atoms with Gasteiger partial charge in [-0.1, -0.05) is 12.1 Å². The van der Waals surface area contributed by atoms with Crippen molar-refractivity contribution in [1.29, 1.82) is 0 Å². The summed E-state index contributed by atoms with van der Waals surface area (Å²) in [5, 5.41) is 8.15. The molecule has 0 unspecified atom stereocenters. The van der Waals surface area contributed by atoms with E-state index in [1.165, 1.54) is 7.11 Å². The van der Waals surface area contributed by atoms with Crippen LogP contribution in [0.1, 0.15) is 29.7 Å². The molecule has 3 aromatic rings. The van der Waals surface area contributed by atoms with Gasteiger partial charge in [0.1, 0.15) is 0 Å². The van der Waals surface area contributed by atoms with Crippen LogP contribution in [0.3, 0.4) is 0 Å². The smallest absolute Gasteiger partial charge is 0.358 e. The Balaban J connectivity index is 1.81. The zero-order valence-electron chi connectivity index (χ0n) is 12.9. The number of carbonyl (C=O) groups is 1. The summed E-state index contributed by atoms with van der Waals surface area (Å²) >= 11 is 0. The van der Waals surface area contributed by atoms with E-state index < -0.39 is 5.97 Å². The summed E-state index contributed by atoms with van der Waals surface area (Å²) in [6.45, 7) is 2.06. The molecule has 2 heterocycles. The minimum absolute atomic E-state index is 0.263. The number of nitrogens with zero attached hydrogens (tertiary/aromatic N) is 4. The molecular weight excluding hydrogens is 296 g/mol. The summed E-state index contributed by atoms with van der Waals surface area (Å²) < 4.78 is 11.4. The minimum atomic E-state index is -0.462. The maximum absolute atomic E-state index is 11.4. The Morgan fingerprint density at radius 1 is 1.26 bits per heavy atom. The first kappa shape index (κ1) is 15.0. The minimum Gasteiger partial charge on any atom is -0.464 e. The number of hydrogen-bond acceptors (Lipinski definition) is 6. The Labute approximate surface area is 132 Å². The zero-order chi connectivity index (χ0) is 16.2. The fourth-order valence-corrected chi connectivity index (χ4v) is 2.13. The fourth-order valence-electron chi connectivity index (χ4n) is 2.13. The molecule has 23 heavy (non-hydrogen) atoms. The molecule has 118 valence electrons.